The third-order valence-electron chi connectivity index (χ3n) is 5.29. The number of methoxy groups -OCH3 is 1. The normalized spacial score (nSPS) is 19.0. The Morgan fingerprint density at radius 1 is 1.17 bits per heavy atom. The second kappa shape index (κ2) is 10.3. The lowest BCUT2D eigenvalue weighted by atomic mass is 9.96. The second-order valence-corrected chi connectivity index (χ2v) is 8.27. The van der Waals surface area contributed by atoms with Crippen molar-refractivity contribution in [2.75, 3.05) is 32.1 Å². The third-order valence-corrected chi connectivity index (χ3v) is 5.29. The van der Waals surface area contributed by atoms with Gasteiger partial charge in [0.15, 0.2) is 11.5 Å². The standard InChI is InChI=1S/C24H32N2O3/c1-18(2)17-29-23-14-21(11-12-22(23)28-3)25-24(27)20-10-7-13-26(16-20)15-19-8-5-4-6-9-19/h4-6,8-9,11-12,14,18,20H,7,10,13,15-17H2,1-3H3,(H,25,27)/p+1/t20-/m0/s1. The molecule has 1 saturated heterocycles. The van der Waals surface area contributed by atoms with Crippen LogP contribution in [0.2, 0.25) is 0 Å². The van der Waals surface area contributed by atoms with Crippen LogP contribution in [0.15, 0.2) is 48.5 Å². The maximum atomic E-state index is 12.9. The highest BCUT2D eigenvalue weighted by molar-refractivity contribution is 5.93. The zero-order valence-electron chi connectivity index (χ0n) is 17.7. The Hall–Kier alpha value is -2.53. The van der Waals surface area contributed by atoms with E-state index in [1.807, 2.05) is 24.3 Å². The average molecular weight is 398 g/mol. The SMILES string of the molecule is COc1ccc(NC(=O)[C@H]2CCC[NH+](Cc3ccccc3)C2)cc1OCC(C)C. The first kappa shape index (κ1) is 21.2. The smallest absolute Gasteiger partial charge is 0.233 e. The molecular weight excluding hydrogens is 364 g/mol. The van der Waals surface area contributed by atoms with Gasteiger partial charge in [-0.2, -0.15) is 0 Å². The van der Waals surface area contributed by atoms with E-state index in [4.69, 9.17) is 9.47 Å². The molecule has 5 nitrogen and oxygen atoms in total. The molecule has 1 aliphatic rings. The molecule has 1 unspecified atom stereocenters. The number of anilines is 1. The fourth-order valence-electron chi connectivity index (χ4n) is 3.79. The molecule has 0 radical (unpaired) electrons. The van der Waals surface area contributed by atoms with Gasteiger partial charge in [-0.3, -0.25) is 4.79 Å². The van der Waals surface area contributed by atoms with E-state index < -0.39 is 0 Å². The Bertz CT molecular complexity index is 792. The number of hydrogen-bond donors (Lipinski definition) is 2. The molecule has 2 aromatic carbocycles. The molecule has 156 valence electrons. The summed E-state index contributed by atoms with van der Waals surface area (Å²) in [6, 6.07) is 16.1. The Labute approximate surface area is 174 Å². The number of hydrogen-bond acceptors (Lipinski definition) is 3. The quantitative estimate of drug-likeness (QED) is 0.719. The second-order valence-electron chi connectivity index (χ2n) is 8.27. The van der Waals surface area contributed by atoms with Gasteiger partial charge < -0.3 is 19.7 Å². The summed E-state index contributed by atoms with van der Waals surface area (Å²) in [5, 5.41) is 3.09. The van der Waals surface area contributed by atoms with Gasteiger partial charge in [-0.15, -0.1) is 0 Å². The van der Waals surface area contributed by atoms with Gasteiger partial charge in [-0.1, -0.05) is 44.2 Å². The fourth-order valence-corrected chi connectivity index (χ4v) is 3.79. The third kappa shape index (κ3) is 6.23. The van der Waals surface area contributed by atoms with Crippen molar-refractivity contribution < 1.29 is 19.2 Å². The average Bonchev–Trinajstić information content (AvgIpc) is 2.73. The minimum atomic E-state index is 0.0320. The Balaban J connectivity index is 1.61. The van der Waals surface area contributed by atoms with Crippen LogP contribution in [0.1, 0.15) is 32.3 Å². The highest BCUT2D eigenvalue weighted by Crippen LogP contribution is 2.31. The Morgan fingerprint density at radius 2 is 1.97 bits per heavy atom. The maximum Gasteiger partial charge on any atom is 0.233 e. The molecule has 1 amide bonds. The molecule has 0 saturated carbocycles. The largest absolute Gasteiger partial charge is 0.493 e. The van der Waals surface area contributed by atoms with Crippen LogP contribution in [0, 0.1) is 11.8 Å². The van der Waals surface area contributed by atoms with Crippen LogP contribution in [0.25, 0.3) is 0 Å². The van der Waals surface area contributed by atoms with Crippen LogP contribution in [0.3, 0.4) is 0 Å². The van der Waals surface area contributed by atoms with Gasteiger partial charge >= 0.3 is 0 Å². The van der Waals surface area contributed by atoms with E-state index in [1.165, 1.54) is 10.5 Å². The zero-order valence-corrected chi connectivity index (χ0v) is 17.7. The maximum absolute atomic E-state index is 12.9. The van der Waals surface area contributed by atoms with Crippen molar-refractivity contribution in [2.24, 2.45) is 11.8 Å². The lowest BCUT2D eigenvalue weighted by molar-refractivity contribution is -0.921. The predicted octanol–water partition coefficient (Wildman–Crippen LogP) is 3.16. The van der Waals surface area contributed by atoms with Gasteiger partial charge in [-0.25, -0.2) is 0 Å². The van der Waals surface area contributed by atoms with Gasteiger partial charge in [-0.05, 0) is 30.9 Å². The number of rotatable bonds is 8. The summed E-state index contributed by atoms with van der Waals surface area (Å²) in [5.41, 5.74) is 2.08. The summed E-state index contributed by atoms with van der Waals surface area (Å²) < 4.78 is 11.2. The molecule has 2 N–H and O–H groups in total. The van der Waals surface area contributed by atoms with E-state index in [9.17, 15) is 4.79 Å². The van der Waals surface area contributed by atoms with E-state index in [0.29, 0.717) is 24.0 Å². The van der Waals surface area contributed by atoms with Crippen molar-refractivity contribution in [3.8, 4) is 11.5 Å². The van der Waals surface area contributed by atoms with Crippen molar-refractivity contribution in [2.45, 2.75) is 33.2 Å². The summed E-state index contributed by atoms with van der Waals surface area (Å²) in [4.78, 5) is 14.4. The molecule has 2 atom stereocenters. The van der Waals surface area contributed by atoms with Crippen molar-refractivity contribution in [3.05, 3.63) is 54.1 Å². The van der Waals surface area contributed by atoms with Crippen molar-refractivity contribution in [3.63, 3.8) is 0 Å². The van der Waals surface area contributed by atoms with Crippen LogP contribution < -0.4 is 19.7 Å². The summed E-state index contributed by atoms with van der Waals surface area (Å²) in [6.07, 6.45) is 2.02. The van der Waals surface area contributed by atoms with Crippen molar-refractivity contribution in [1.82, 2.24) is 0 Å². The van der Waals surface area contributed by atoms with Crippen molar-refractivity contribution >= 4 is 11.6 Å². The van der Waals surface area contributed by atoms with Crippen LogP contribution >= 0.6 is 0 Å². The lowest BCUT2D eigenvalue weighted by Crippen LogP contribution is -3.12. The molecule has 0 spiro atoms. The molecule has 0 aliphatic carbocycles. The number of amides is 1. The van der Waals surface area contributed by atoms with Crippen LogP contribution in [-0.4, -0.2) is 32.7 Å². The molecule has 1 fully saturated rings. The molecule has 1 heterocycles. The minimum Gasteiger partial charge on any atom is -0.493 e. The van der Waals surface area contributed by atoms with Gasteiger partial charge in [0.05, 0.1) is 32.7 Å². The Kier molecular flexibility index (Phi) is 7.53. The van der Waals surface area contributed by atoms with Crippen molar-refractivity contribution in [1.29, 1.82) is 0 Å². The number of carbonyl (C=O) groups is 1. The summed E-state index contributed by atoms with van der Waals surface area (Å²) in [5.74, 6) is 1.89. The molecule has 1 aliphatic heterocycles. The van der Waals surface area contributed by atoms with E-state index in [2.05, 4.69) is 43.4 Å². The topological polar surface area (TPSA) is 52.0 Å². The number of quaternary nitrogens is 1. The van der Waals surface area contributed by atoms with Crippen LogP contribution in [-0.2, 0) is 11.3 Å². The number of carbonyl (C=O) groups excluding carboxylic acids is 1. The predicted molar refractivity (Wildman–Crippen MR) is 116 cm³/mol. The zero-order chi connectivity index (χ0) is 20.6. The van der Waals surface area contributed by atoms with Crippen LogP contribution in [0.4, 0.5) is 5.69 Å². The molecule has 29 heavy (non-hydrogen) atoms. The highest BCUT2D eigenvalue weighted by Gasteiger charge is 2.29. The summed E-state index contributed by atoms with van der Waals surface area (Å²) >= 11 is 0. The van der Waals surface area contributed by atoms with Gasteiger partial charge in [0.1, 0.15) is 6.54 Å². The first-order chi connectivity index (χ1) is 14.0. The molecule has 5 heteroatoms. The van der Waals surface area contributed by atoms with E-state index in [1.54, 1.807) is 7.11 Å². The lowest BCUT2D eigenvalue weighted by Gasteiger charge is -2.29. The summed E-state index contributed by atoms with van der Waals surface area (Å²) in [7, 11) is 1.63. The Morgan fingerprint density at radius 3 is 2.69 bits per heavy atom. The minimum absolute atomic E-state index is 0.0320. The monoisotopic (exact) mass is 397 g/mol. The van der Waals surface area contributed by atoms with Gasteiger partial charge in [0, 0.05) is 17.3 Å². The number of ether oxygens (including phenoxy) is 2. The van der Waals surface area contributed by atoms with Gasteiger partial charge in [0.2, 0.25) is 5.91 Å². The molecule has 2 aromatic rings. The number of benzene rings is 2. The first-order valence-electron chi connectivity index (χ1n) is 10.5. The highest BCUT2D eigenvalue weighted by atomic mass is 16.5. The molecule has 0 bridgehead atoms. The summed E-state index contributed by atoms with van der Waals surface area (Å²) in [6.45, 7) is 7.77. The number of nitrogens with one attached hydrogen (secondary N) is 2. The number of piperidine rings is 1. The van der Waals surface area contributed by atoms with E-state index >= 15 is 0 Å². The molecular formula is C24H33N2O3+. The van der Waals surface area contributed by atoms with E-state index in [0.717, 1.165) is 38.2 Å². The first-order valence-corrected chi connectivity index (χ1v) is 10.5. The fraction of sp³-hybridized carbons (Fsp3) is 0.458. The molecule has 0 aromatic heterocycles. The van der Waals surface area contributed by atoms with Crippen LogP contribution in [0.5, 0.6) is 11.5 Å². The van der Waals surface area contributed by atoms with E-state index in [-0.39, 0.29) is 11.8 Å². The molecule has 3 rings (SSSR count). The van der Waals surface area contributed by atoms with Gasteiger partial charge in [0.25, 0.3) is 0 Å². The number of likely N-dealkylation sites (tertiary alicyclic amines) is 1.